The molecular weight excluding hydrogens is 242 g/mol. The standard InChI is InChI=1S/C10H15N3O3S/c1-3-16-9(15)5-4-8(14)6-17-10-11-7(2)12-13-10/h3-6H2,1-2H3,(H,11,12,13). The molecule has 0 bridgehead atoms. The summed E-state index contributed by atoms with van der Waals surface area (Å²) >= 11 is 1.26. The Labute approximate surface area is 104 Å². The van der Waals surface area contributed by atoms with Crippen molar-refractivity contribution in [2.45, 2.75) is 31.8 Å². The number of aromatic amines is 1. The molecule has 0 saturated heterocycles. The highest BCUT2D eigenvalue weighted by molar-refractivity contribution is 7.99. The molecule has 1 aromatic heterocycles. The topological polar surface area (TPSA) is 84.9 Å². The summed E-state index contributed by atoms with van der Waals surface area (Å²) in [6, 6.07) is 0. The Morgan fingerprint density at radius 2 is 2.18 bits per heavy atom. The number of ketones is 1. The summed E-state index contributed by atoms with van der Waals surface area (Å²) in [5.41, 5.74) is 0. The highest BCUT2D eigenvalue weighted by Gasteiger charge is 2.09. The Morgan fingerprint density at radius 1 is 1.41 bits per heavy atom. The van der Waals surface area contributed by atoms with E-state index in [1.165, 1.54) is 11.8 Å². The van der Waals surface area contributed by atoms with Gasteiger partial charge >= 0.3 is 5.97 Å². The zero-order chi connectivity index (χ0) is 12.7. The van der Waals surface area contributed by atoms with E-state index in [0.29, 0.717) is 17.6 Å². The van der Waals surface area contributed by atoms with Crippen molar-refractivity contribution in [1.82, 2.24) is 15.2 Å². The van der Waals surface area contributed by atoms with E-state index in [1.807, 2.05) is 0 Å². The smallest absolute Gasteiger partial charge is 0.306 e. The third-order valence-electron chi connectivity index (χ3n) is 1.85. The summed E-state index contributed by atoms with van der Waals surface area (Å²) in [6.07, 6.45) is 0.343. The van der Waals surface area contributed by atoms with Crippen LogP contribution in [-0.4, -0.2) is 39.3 Å². The van der Waals surface area contributed by atoms with Gasteiger partial charge in [0.1, 0.15) is 11.6 Å². The van der Waals surface area contributed by atoms with Gasteiger partial charge in [-0.1, -0.05) is 11.8 Å². The second-order valence-corrected chi connectivity index (χ2v) is 4.28. The number of aromatic nitrogens is 3. The summed E-state index contributed by atoms with van der Waals surface area (Å²) < 4.78 is 4.73. The van der Waals surface area contributed by atoms with Gasteiger partial charge in [0.15, 0.2) is 0 Å². The molecule has 0 amide bonds. The maximum absolute atomic E-state index is 11.4. The van der Waals surface area contributed by atoms with E-state index in [-0.39, 0.29) is 30.3 Å². The average molecular weight is 257 g/mol. The average Bonchev–Trinajstić information content (AvgIpc) is 2.70. The van der Waals surface area contributed by atoms with E-state index in [9.17, 15) is 9.59 Å². The first kappa shape index (κ1) is 13.7. The van der Waals surface area contributed by atoms with Crippen molar-refractivity contribution < 1.29 is 14.3 Å². The lowest BCUT2D eigenvalue weighted by Crippen LogP contribution is -2.09. The van der Waals surface area contributed by atoms with Crippen LogP contribution in [0.2, 0.25) is 0 Å². The molecule has 0 aliphatic heterocycles. The van der Waals surface area contributed by atoms with Gasteiger partial charge in [0.2, 0.25) is 5.16 Å². The van der Waals surface area contributed by atoms with Gasteiger partial charge < -0.3 is 4.74 Å². The van der Waals surface area contributed by atoms with Crippen molar-refractivity contribution in [2.75, 3.05) is 12.4 Å². The van der Waals surface area contributed by atoms with Crippen molar-refractivity contribution in [2.24, 2.45) is 0 Å². The van der Waals surface area contributed by atoms with E-state index in [0.717, 1.165) is 0 Å². The van der Waals surface area contributed by atoms with Crippen LogP contribution in [0.5, 0.6) is 0 Å². The Hall–Kier alpha value is -1.37. The molecule has 0 radical (unpaired) electrons. The SMILES string of the molecule is CCOC(=O)CCC(=O)CSc1n[nH]c(C)n1. The fraction of sp³-hybridized carbons (Fsp3) is 0.600. The molecule has 6 nitrogen and oxygen atoms in total. The minimum atomic E-state index is -0.334. The maximum atomic E-state index is 11.4. The number of nitrogens with one attached hydrogen (secondary N) is 1. The molecule has 0 atom stereocenters. The zero-order valence-corrected chi connectivity index (χ0v) is 10.7. The summed E-state index contributed by atoms with van der Waals surface area (Å²) in [7, 11) is 0. The molecule has 1 aromatic rings. The van der Waals surface area contributed by atoms with Gasteiger partial charge in [0.25, 0.3) is 0 Å². The number of aryl methyl sites for hydroxylation is 1. The molecule has 0 saturated carbocycles. The molecule has 1 rings (SSSR count). The van der Waals surface area contributed by atoms with Crippen LogP contribution < -0.4 is 0 Å². The predicted octanol–water partition coefficient (Wildman–Crippen LogP) is 1.12. The van der Waals surface area contributed by atoms with Crippen LogP contribution in [0.3, 0.4) is 0 Å². The number of rotatable bonds is 7. The molecule has 1 heterocycles. The molecule has 17 heavy (non-hydrogen) atoms. The van der Waals surface area contributed by atoms with Gasteiger partial charge in [-0.2, -0.15) is 0 Å². The van der Waals surface area contributed by atoms with Crippen molar-refractivity contribution in [1.29, 1.82) is 0 Å². The number of hydrogen-bond acceptors (Lipinski definition) is 6. The third-order valence-corrected chi connectivity index (χ3v) is 2.76. The van der Waals surface area contributed by atoms with Gasteiger partial charge in [0.05, 0.1) is 18.8 Å². The van der Waals surface area contributed by atoms with Crippen LogP contribution in [0.15, 0.2) is 5.16 Å². The van der Waals surface area contributed by atoms with Crippen molar-refractivity contribution in [3.8, 4) is 0 Å². The molecule has 94 valence electrons. The Kier molecular flexibility index (Phi) is 5.68. The zero-order valence-electron chi connectivity index (χ0n) is 9.86. The van der Waals surface area contributed by atoms with Crippen molar-refractivity contribution >= 4 is 23.5 Å². The monoisotopic (exact) mass is 257 g/mol. The number of hydrogen-bond donors (Lipinski definition) is 1. The lowest BCUT2D eigenvalue weighted by molar-refractivity contribution is -0.144. The second kappa shape index (κ2) is 7.05. The van der Waals surface area contributed by atoms with E-state index in [2.05, 4.69) is 15.2 Å². The van der Waals surface area contributed by atoms with Gasteiger partial charge in [-0.25, -0.2) is 4.98 Å². The van der Waals surface area contributed by atoms with Crippen LogP contribution in [0.25, 0.3) is 0 Å². The van der Waals surface area contributed by atoms with Crippen LogP contribution >= 0.6 is 11.8 Å². The second-order valence-electron chi connectivity index (χ2n) is 3.34. The summed E-state index contributed by atoms with van der Waals surface area (Å²) in [4.78, 5) is 26.5. The Bertz CT molecular complexity index is 392. The number of Topliss-reactive ketones (excluding diaryl/α,β-unsaturated/α-hetero) is 1. The molecule has 0 spiro atoms. The highest BCUT2D eigenvalue weighted by atomic mass is 32.2. The summed E-state index contributed by atoms with van der Waals surface area (Å²) in [5, 5.41) is 7.14. The largest absolute Gasteiger partial charge is 0.466 e. The quantitative estimate of drug-likeness (QED) is 0.582. The van der Waals surface area contributed by atoms with Gasteiger partial charge in [-0.3, -0.25) is 14.7 Å². The van der Waals surface area contributed by atoms with Crippen LogP contribution in [0, 0.1) is 6.92 Å². The molecule has 0 aliphatic rings. The van der Waals surface area contributed by atoms with Gasteiger partial charge in [0, 0.05) is 6.42 Å². The number of thioether (sulfide) groups is 1. The number of nitrogens with zero attached hydrogens (tertiary/aromatic N) is 2. The first-order valence-electron chi connectivity index (χ1n) is 5.31. The van der Waals surface area contributed by atoms with Gasteiger partial charge in [-0.15, -0.1) is 5.10 Å². The minimum absolute atomic E-state index is 0.00879. The lowest BCUT2D eigenvalue weighted by atomic mass is 10.2. The first-order chi connectivity index (χ1) is 8.11. The van der Waals surface area contributed by atoms with E-state index in [1.54, 1.807) is 13.8 Å². The summed E-state index contributed by atoms with van der Waals surface area (Å²) in [6.45, 7) is 3.87. The van der Waals surface area contributed by atoms with E-state index in [4.69, 9.17) is 4.74 Å². The van der Waals surface area contributed by atoms with Crippen molar-refractivity contribution in [3.05, 3.63) is 5.82 Å². The molecule has 0 aliphatic carbocycles. The molecule has 7 heteroatoms. The van der Waals surface area contributed by atoms with E-state index < -0.39 is 0 Å². The van der Waals surface area contributed by atoms with E-state index >= 15 is 0 Å². The van der Waals surface area contributed by atoms with Crippen LogP contribution in [-0.2, 0) is 14.3 Å². The third kappa shape index (κ3) is 5.48. The summed E-state index contributed by atoms with van der Waals surface area (Å²) in [5.74, 6) is 0.646. The lowest BCUT2D eigenvalue weighted by Gasteiger charge is -2.00. The minimum Gasteiger partial charge on any atom is -0.466 e. The fourth-order valence-corrected chi connectivity index (χ4v) is 1.82. The van der Waals surface area contributed by atoms with Gasteiger partial charge in [-0.05, 0) is 13.8 Å². The number of esters is 1. The predicted molar refractivity (Wildman–Crippen MR) is 62.7 cm³/mol. The van der Waals surface area contributed by atoms with Crippen molar-refractivity contribution in [3.63, 3.8) is 0 Å². The Balaban J connectivity index is 2.19. The molecule has 0 unspecified atom stereocenters. The molecule has 0 aromatic carbocycles. The van der Waals surface area contributed by atoms with Crippen LogP contribution in [0.1, 0.15) is 25.6 Å². The normalized spacial score (nSPS) is 10.2. The molecule has 0 fully saturated rings. The fourth-order valence-electron chi connectivity index (χ4n) is 1.08. The van der Waals surface area contributed by atoms with Crippen LogP contribution in [0.4, 0.5) is 0 Å². The molecule has 1 N–H and O–H groups in total. The number of carbonyl (C=O) groups is 2. The Morgan fingerprint density at radius 3 is 2.76 bits per heavy atom. The molecular formula is C10H15N3O3S. The number of carbonyl (C=O) groups excluding carboxylic acids is 2. The number of H-pyrrole nitrogens is 1. The number of ether oxygens (including phenoxy) is 1. The maximum Gasteiger partial charge on any atom is 0.306 e. The highest BCUT2D eigenvalue weighted by Crippen LogP contribution is 2.13. The first-order valence-corrected chi connectivity index (χ1v) is 6.29.